The third kappa shape index (κ3) is 4.64. The summed E-state index contributed by atoms with van der Waals surface area (Å²) < 4.78 is 2.42. The molecule has 0 aromatic heterocycles. The summed E-state index contributed by atoms with van der Waals surface area (Å²) in [6.45, 7) is 23.1. The number of hydrogen-bond donors (Lipinski definition) is 0. The Bertz CT molecular complexity index is 1480. The molecule has 0 bridgehead atoms. The predicted octanol–water partition coefficient (Wildman–Crippen LogP) is 9.29. The van der Waals surface area contributed by atoms with Gasteiger partial charge in [-0.25, -0.2) is 0 Å². The van der Waals surface area contributed by atoms with Crippen LogP contribution in [0.5, 0.6) is 0 Å². The second-order valence-electron chi connectivity index (χ2n) is 12.7. The summed E-state index contributed by atoms with van der Waals surface area (Å²) in [6.07, 6.45) is 18.7. The van der Waals surface area contributed by atoms with Gasteiger partial charge in [-0.15, -0.1) is 0 Å². The number of allylic oxidation sites excluding steroid dienone is 8. The smallest absolute Gasteiger partial charge is 0.210 e. The summed E-state index contributed by atoms with van der Waals surface area (Å²) in [7, 11) is 4.43. The molecule has 2 aliphatic rings. The van der Waals surface area contributed by atoms with Crippen molar-refractivity contribution < 1.29 is 4.58 Å². The van der Waals surface area contributed by atoms with Gasteiger partial charge in [0.15, 0.2) is 5.71 Å². The number of nitrogens with zero attached hydrogens (tertiary/aromatic N) is 2. The van der Waals surface area contributed by atoms with E-state index in [1.807, 2.05) is 0 Å². The fourth-order valence-corrected chi connectivity index (χ4v) is 7.53. The Labute approximate surface area is 244 Å². The first kappa shape index (κ1) is 29.8. The normalized spacial score (nSPS) is 18.8. The van der Waals surface area contributed by atoms with Crippen LogP contribution in [0.1, 0.15) is 93.0 Å². The molecule has 0 spiro atoms. The quantitative estimate of drug-likeness (QED) is 0.253. The zero-order chi connectivity index (χ0) is 29.6. The van der Waals surface area contributed by atoms with Crippen LogP contribution in [-0.4, -0.2) is 24.4 Å². The maximum atomic E-state index is 2.45. The van der Waals surface area contributed by atoms with Crippen LogP contribution in [0.4, 0.5) is 11.4 Å². The highest BCUT2D eigenvalue weighted by Crippen LogP contribution is 2.50. The average Bonchev–Trinajstić information content (AvgIpc) is 3.22. The molecule has 2 heteroatoms. The molecule has 0 amide bonds. The number of benzene rings is 2. The molecular weight excluding hydrogens is 484 g/mol. The molecule has 2 heterocycles. The minimum Gasteiger partial charge on any atom is -0.347 e. The van der Waals surface area contributed by atoms with Crippen LogP contribution in [0.3, 0.4) is 0 Å². The monoisotopic (exact) mass is 535 g/mol. The van der Waals surface area contributed by atoms with E-state index in [9.17, 15) is 0 Å². The second-order valence-corrected chi connectivity index (χ2v) is 12.7. The van der Waals surface area contributed by atoms with E-state index in [0.717, 1.165) is 19.3 Å². The van der Waals surface area contributed by atoms with Crippen LogP contribution in [0.2, 0.25) is 0 Å². The van der Waals surface area contributed by atoms with E-state index in [1.54, 1.807) is 11.1 Å². The Morgan fingerprint density at radius 1 is 0.750 bits per heavy atom. The Morgan fingerprint density at radius 3 is 2.00 bits per heavy atom. The van der Waals surface area contributed by atoms with Crippen molar-refractivity contribution in [1.29, 1.82) is 0 Å². The number of aryl methyl sites for hydroxylation is 2. The summed E-state index contributed by atoms with van der Waals surface area (Å²) in [6, 6.07) is 4.80. The lowest BCUT2D eigenvalue weighted by Crippen LogP contribution is -2.28. The van der Waals surface area contributed by atoms with Gasteiger partial charge in [-0.3, -0.25) is 0 Å². The summed E-state index contributed by atoms with van der Waals surface area (Å²) >= 11 is 0. The minimum absolute atomic E-state index is 0.0152. The minimum atomic E-state index is -0.0164. The largest absolute Gasteiger partial charge is 0.347 e. The van der Waals surface area contributed by atoms with Crippen molar-refractivity contribution >= 4 is 17.1 Å². The van der Waals surface area contributed by atoms with Gasteiger partial charge in [0, 0.05) is 41.6 Å². The molecule has 0 N–H and O–H groups in total. The van der Waals surface area contributed by atoms with Gasteiger partial charge in [0.1, 0.15) is 7.05 Å². The first-order chi connectivity index (χ1) is 18.8. The number of rotatable bonds is 7. The lowest BCUT2D eigenvalue weighted by atomic mass is 9.76. The number of likely N-dealkylation sites (N-methyl/N-ethyl adjacent to an activating group) is 1. The molecule has 212 valence electrons. The van der Waals surface area contributed by atoms with E-state index < -0.39 is 0 Å². The highest BCUT2D eigenvalue weighted by molar-refractivity contribution is 6.03. The van der Waals surface area contributed by atoms with Crippen molar-refractivity contribution in [2.75, 3.05) is 19.0 Å². The Kier molecular flexibility index (Phi) is 8.23. The standard InChI is InChI=1S/C38H51N2/c1-13-28-24-32-36(30(15-3)29(28)14-2)38(9,10)34(40(32)12)22-20-18-16-17-19-21-33-37(7,8)35-27(6)26(5)25(4)23-31(35)39(33)11/h16-24H,13-15H2,1-12H3/q+1. The van der Waals surface area contributed by atoms with Gasteiger partial charge < -0.3 is 4.90 Å². The highest BCUT2D eigenvalue weighted by atomic mass is 15.2. The zero-order valence-electron chi connectivity index (χ0n) is 27.2. The summed E-state index contributed by atoms with van der Waals surface area (Å²) in [5.41, 5.74) is 17.2. The SMILES string of the molecule is CCc1cc2c(c(CC)c1CC)C(C)(C)C(C=CC=CC=CC=C1N(C)c3cc(C)c(C)c(C)c3C1(C)C)=[N+]2C. The summed E-state index contributed by atoms with van der Waals surface area (Å²) in [4.78, 5) is 2.37. The second kappa shape index (κ2) is 11.0. The number of hydrogen-bond acceptors (Lipinski definition) is 1. The first-order valence-electron chi connectivity index (χ1n) is 15.2. The molecule has 2 aliphatic heterocycles. The van der Waals surface area contributed by atoms with E-state index in [-0.39, 0.29) is 10.8 Å². The third-order valence-corrected chi connectivity index (χ3v) is 9.78. The highest BCUT2D eigenvalue weighted by Gasteiger charge is 2.45. The molecule has 0 unspecified atom stereocenters. The van der Waals surface area contributed by atoms with Crippen molar-refractivity contribution in [3.63, 3.8) is 0 Å². The van der Waals surface area contributed by atoms with Crippen LogP contribution in [0.15, 0.2) is 60.4 Å². The molecule has 2 aromatic carbocycles. The third-order valence-electron chi connectivity index (χ3n) is 9.78. The fourth-order valence-electron chi connectivity index (χ4n) is 7.53. The number of fused-ring (bicyclic) bond motifs is 2. The average molecular weight is 536 g/mol. The Morgan fingerprint density at radius 2 is 1.38 bits per heavy atom. The van der Waals surface area contributed by atoms with Crippen molar-refractivity contribution in [2.24, 2.45) is 0 Å². The Hall–Kier alpha value is -3.13. The van der Waals surface area contributed by atoms with E-state index in [1.165, 1.54) is 56.2 Å². The van der Waals surface area contributed by atoms with Gasteiger partial charge in [0.05, 0.1) is 5.41 Å². The van der Waals surface area contributed by atoms with E-state index in [2.05, 4.69) is 147 Å². The van der Waals surface area contributed by atoms with Gasteiger partial charge in [-0.05, 0) is 105 Å². The molecule has 0 saturated carbocycles. The van der Waals surface area contributed by atoms with Gasteiger partial charge in [0.25, 0.3) is 0 Å². The van der Waals surface area contributed by atoms with E-state index >= 15 is 0 Å². The van der Waals surface area contributed by atoms with Gasteiger partial charge >= 0.3 is 0 Å². The van der Waals surface area contributed by atoms with Crippen molar-refractivity contribution in [3.8, 4) is 0 Å². The molecule has 2 aromatic rings. The van der Waals surface area contributed by atoms with Crippen molar-refractivity contribution in [2.45, 2.75) is 99.3 Å². The topological polar surface area (TPSA) is 6.25 Å². The van der Waals surface area contributed by atoms with Crippen LogP contribution in [0, 0.1) is 20.8 Å². The van der Waals surface area contributed by atoms with Crippen LogP contribution < -0.4 is 4.90 Å². The predicted molar refractivity (Wildman–Crippen MR) is 176 cm³/mol. The lowest BCUT2D eigenvalue weighted by Gasteiger charge is -2.24. The molecular formula is C38H51N2+. The maximum Gasteiger partial charge on any atom is 0.210 e. The molecule has 4 rings (SSSR count). The molecule has 0 atom stereocenters. The van der Waals surface area contributed by atoms with Crippen LogP contribution in [0.25, 0.3) is 0 Å². The molecule has 2 nitrogen and oxygen atoms in total. The maximum absolute atomic E-state index is 2.45. The van der Waals surface area contributed by atoms with E-state index in [0.29, 0.717) is 0 Å². The molecule has 0 saturated heterocycles. The van der Waals surface area contributed by atoms with Crippen molar-refractivity contribution in [3.05, 3.63) is 105 Å². The first-order valence-corrected chi connectivity index (χ1v) is 15.2. The van der Waals surface area contributed by atoms with Gasteiger partial charge in [0.2, 0.25) is 5.69 Å². The molecule has 0 fully saturated rings. The zero-order valence-corrected chi connectivity index (χ0v) is 27.2. The van der Waals surface area contributed by atoms with Gasteiger partial charge in [-0.2, -0.15) is 4.58 Å². The molecule has 0 radical (unpaired) electrons. The van der Waals surface area contributed by atoms with Crippen LogP contribution >= 0.6 is 0 Å². The lowest BCUT2D eigenvalue weighted by molar-refractivity contribution is -0.401. The van der Waals surface area contributed by atoms with Crippen molar-refractivity contribution in [1.82, 2.24) is 0 Å². The van der Waals surface area contributed by atoms with E-state index in [4.69, 9.17) is 0 Å². The fraction of sp³-hybridized carbons (Fsp3) is 0.447. The van der Waals surface area contributed by atoms with Crippen LogP contribution in [-0.2, 0) is 30.1 Å². The van der Waals surface area contributed by atoms with Gasteiger partial charge in [-0.1, -0.05) is 65.0 Å². The number of anilines is 1. The Balaban J connectivity index is 1.56. The molecule has 40 heavy (non-hydrogen) atoms. The molecule has 0 aliphatic carbocycles. The summed E-state index contributed by atoms with van der Waals surface area (Å²) in [5.74, 6) is 0. The summed E-state index contributed by atoms with van der Waals surface area (Å²) in [5, 5.41) is 0.